The summed E-state index contributed by atoms with van der Waals surface area (Å²) in [6, 6.07) is 0. The smallest absolute Gasteiger partial charge is 0.434 e. The minimum absolute atomic E-state index is 0.0555. The molecule has 7 nitrogen and oxygen atoms in total. The van der Waals surface area contributed by atoms with E-state index in [0.29, 0.717) is 0 Å². The SMILES string of the molecule is O=C(OC1NN(OC(=O)C(F)(F)F)C2=C1CNC=C2)C(F)(F)F. The zero-order chi connectivity index (χ0) is 17.4. The van der Waals surface area contributed by atoms with Crippen molar-refractivity contribution < 1.29 is 45.5 Å². The fraction of sp³-hybridized carbons (Fsp3) is 0.400. The number of nitrogens with zero attached hydrogens (tertiary/aromatic N) is 1. The number of carbonyl (C=O) groups is 2. The van der Waals surface area contributed by atoms with E-state index >= 15 is 0 Å². The molecule has 128 valence electrons. The number of hydrazine groups is 1. The van der Waals surface area contributed by atoms with Crippen LogP contribution in [0.5, 0.6) is 0 Å². The summed E-state index contributed by atoms with van der Waals surface area (Å²) in [5, 5.41) is 2.75. The first kappa shape index (κ1) is 16.9. The van der Waals surface area contributed by atoms with Gasteiger partial charge in [-0.05, 0) is 12.3 Å². The molecule has 0 radical (unpaired) electrons. The van der Waals surface area contributed by atoms with Crippen LogP contribution in [0.15, 0.2) is 23.5 Å². The standard InChI is InChI=1S/C10H7F6N3O4/c11-9(12,13)7(20)22-6-4-3-17-2-1-5(4)19(18-6)23-8(21)10(14,15)16/h1-2,6,17-18H,3H2. The molecular formula is C10H7F6N3O4. The average molecular weight is 347 g/mol. The highest BCUT2D eigenvalue weighted by Crippen LogP contribution is 2.28. The zero-order valence-corrected chi connectivity index (χ0v) is 10.8. The summed E-state index contributed by atoms with van der Waals surface area (Å²) in [5.74, 6) is -5.16. The van der Waals surface area contributed by atoms with Crippen molar-refractivity contribution in [3.8, 4) is 0 Å². The van der Waals surface area contributed by atoms with Gasteiger partial charge in [0.05, 0.1) is 0 Å². The average Bonchev–Trinajstić information content (AvgIpc) is 2.75. The summed E-state index contributed by atoms with van der Waals surface area (Å²) in [6.45, 7) is -0.144. The lowest BCUT2D eigenvalue weighted by Crippen LogP contribution is -2.45. The molecular weight excluding hydrogens is 340 g/mol. The second-order valence-electron chi connectivity index (χ2n) is 4.21. The summed E-state index contributed by atoms with van der Waals surface area (Å²) >= 11 is 0. The van der Waals surface area contributed by atoms with Gasteiger partial charge in [-0.1, -0.05) is 0 Å². The first-order valence-corrected chi connectivity index (χ1v) is 5.76. The Bertz CT molecular complexity index is 582. The number of hydrogen-bond acceptors (Lipinski definition) is 7. The van der Waals surface area contributed by atoms with E-state index < -0.39 is 30.5 Å². The number of halogens is 6. The van der Waals surface area contributed by atoms with Gasteiger partial charge in [-0.15, -0.1) is 5.17 Å². The number of hydrogen-bond donors (Lipinski definition) is 2. The Balaban J connectivity index is 2.16. The number of rotatable bonds is 2. The molecule has 0 bridgehead atoms. The highest BCUT2D eigenvalue weighted by molar-refractivity contribution is 5.76. The van der Waals surface area contributed by atoms with Crippen LogP contribution in [0.25, 0.3) is 0 Å². The normalized spacial score (nSPS) is 21.0. The molecule has 2 N–H and O–H groups in total. The van der Waals surface area contributed by atoms with Gasteiger partial charge in [0.25, 0.3) is 0 Å². The van der Waals surface area contributed by atoms with E-state index in [1.54, 1.807) is 0 Å². The highest BCUT2D eigenvalue weighted by atomic mass is 19.4. The lowest BCUT2D eigenvalue weighted by molar-refractivity contribution is -0.244. The summed E-state index contributed by atoms with van der Waals surface area (Å²) in [5.41, 5.74) is 1.67. The second kappa shape index (κ2) is 5.64. The van der Waals surface area contributed by atoms with Crippen LogP contribution in [0.2, 0.25) is 0 Å². The number of alkyl halides is 6. The topological polar surface area (TPSA) is 79.9 Å². The second-order valence-corrected chi connectivity index (χ2v) is 4.21. The molecule has 0 aromatic heterocycles. The summed E-state index contributed by atoms with van der Waals surface area (Å²) < 4.78 is 77.2. The van der Waals surface area contributed by atoms with Gasteiger partial charge < -0.3 is 14.9 Å². The van der Waals surface area contributed by atoms with Gasteiger partial charge in [-0.3, -0.25) is 0 Å². The third-order valence-electron chi connectivity index (χ3n) is 2.61. The molecule has 0 aromatic carbocycles. The third-order valence-corrected chi connectivity index (χ3v) is 2.61. The van der Waals surface area contributed by atoms with E-state index in [-0.39, 0.29) is 23.0 Å². The molecule has 2 heterocycles. The van der Waals surface area contributed by atoms with Gasteiger partial charge in [-0.2, -0.15) is 31.8 Å². The number of dihydropyridines is 1. The van der Waals surface area contributed by atoms with Crippen molar-refractivity contribution in [3.05, 3.63) is 23.5 Å². The molecule has 13 heteroatoms. The van der Waals surface area contributed by atoms with Gasteiger partial charge in [0.15, 0.2) is 6.23 Å². The third kappa shape index (κ3) is 3.67. The first-order chi connectivity index (χ1) is 10.5. The van der Waals surface area contributed by atoms with E-state index in [1.165, 1.54) is 6.20 Å². The molecule has 0 aliphatic carbocycles. The van der Waals surface area contributed by atoms with Crippen LogP contribution in [-0.2, 0) is 19.2 Å². The number of hydroxylamine groups is 1. The maximum atomic E-state index is 12.2. The van der Waals surface area contributed by atoms with Crippen LogP contribution < -0.4 is 10.7 Å². The number of nitrogens with one attached hydrogen (secondary N) is 2. The first-order valence-electron chi connectivity index (χ1n) is 5.76. The Hall–Kier alpha value is -2.44. The monoisotopic (exact) mass is 347 g/mol. The van der Waals surface area contributed by atoms with Crippen molar-refractivity contribution in [2.75, 3.05) is 6.54 Å². The van der Waals surface area contributed by atoms with Crippen molar-refractivity contribution in [3.63, 3.8) is 0 Å². The molecule has 0 aromatic rings. The van der Waals surface area contributed by atoms with Crippen molar-refractivity contribution in [1.82, 2.24) is 15.9 Å². The Morgan fingerprint density at radius 2 is 1.74 bits per heavy atom. The minimum atomic E-state index is -5.32. The van der Waals surface area contributed by atoms with E-state index in [4.69, 9.17) is 0 Å². The summed E-state index contributed by atoms with van der Waals surface area (Å²) in [4.78, 5) is 25.6. The van der Waals surface area contributed by atoms with Gasteiger partial charge in [0.1, 0.15) is 5.70 Å². The van der Waals surface area contributed by atoms with Crippen LogP contribution in [0, 0.1) is 0 Å². The minimum Gasteiger partial charge on any atom is -0.434 e. The largest absolute Gasteiger partial charge is 0.493 e. The molecule has 0 saturated heterocycles. The van der Waals surface area contributed by atoms with Crippen molar-refractivity contribution in [1.29, 1.82) is 0 Å². The van der Waals surface area contributed by atoms with Crippen LogP contribution in [0.1, 0.15) is 0 Å². The molecule has 2 rings (SSSR count). The van der Waals surface area contributed by atoms with E-state index in [0.717, 1.165) is 6.08 Å². The van der Waals surface area contributed by atoms with Crippen LogP contribution in [0.3, 0.4) is 0 Å². The van der Waals surface area contributed by atoms with Gasteiger partial charge in [-0.25, -0.2) is 9.59 Å². The summed E-state index contributed by atoms with van der Waals surface area (Å²) in [6.07, 6.45) is -9.99. The molecule has 2 aliphatic heterocycles. The van der Waals surface area contributed by atoms with Crippen LogP contribution >= 0.6 is 0 Å². The van der Waals surface area contributed by atoms with Crippen molar-refractivity contribution >= 4 is 11.9 Å². The van der Waals surface area contributed by atoms with Crippen molar-refractivity contribution in [2.45, 2.75) is 18.6 Å². The Labute approximate surface area is 123 Å². The predicted octanol–water partition coefficient (Wildman–Crippen LogP) is 0.630. The zero-order valence-electron chi connectivity index (χ0n) is 10.8. The number of ether oxygens (including phenoxy) is 1. The Kier molecular flexibility index (Phi) is 4.15. The van der Waals surface area contributed by atoms with E-state index in [1.807, 2.05) is 5.43 Å². The van der Waals surface area contributed by atoms with E-state index in [9.17, 15) is 35.9 Å². The quantitative estimate of drug-likeness (QED) is 0.560. The molecule has 0 spiro atoms. The van der Waals surface area contributed by atoms with Gasteiger partial charge >= 0.3 is 24.3 Å². The predicted molar refractivity (Wildman–Crippen MR) is 57.2 cm³/mol. The number of allylic oxidation sites excluding steroid dienone is 1. The van der Waals surface area contributed by atoms with Crippen LogP contribution in [0.4, 0.5) is 26.3 Å². The molecule has 1 atom stereocenters. The van der Waals surface area contributed by atoms with Gasteiger partial charge in [0.2, 0.25) is 0 Å². The van der Waals surface area contributed by atoms with Crippen molar-refractivity contribution in [2.24, 2.45) is 0 Å². The molecule has 2 aliphatic rings. The van der Waals surface area contributed by atoms with Crippen LogP contribution in [-0.4, -0.2) is 42.2 Å². The Morgan fingerprint density at radius 3 is 2.30 bits per heavy atom. The molecule has 0 amide bonds. The number of esters is 1. The lowest BCUT2D eigenvalue weighted by Gasteiger charge is -2.21. The van der Waals surface area contributed by atoms with E-state index in [2.05, 4.69) is 14.9 Å². The summed E-state index contributed by atoms with van der Waals surface area (Å²) in [7, 11) is 0. The number of carbonyl (C=O) groups excluding carboxylic acids is 2. The molecule has 0 saturated carbocycles. The maximum Gasteiger partial charge on any atom is 0.493 e. The lowest BCUT2D eigenvalue weighted by atomic mass is 10.1. The highest BCUT2D eigenvalue weighted by Gasteiger charge is 2.47. The molecule has 0 fully saturated rings. The Morgan fingerprint density at radius 1 is 1.13 bits per heavy atom. The molecule has 23 heavy (non-hydrogen) atoms. The maximum absolute atomic E-state index is 12.2. The fourth-order valence-electron chi connectivity index (χ4n) is 1.66. The van der Waals surface area contributed by atoms with Gasteiger partial charge in [0, 0.05) is 12.1 Å². The fourth-order valence-corrected chi connectivity index (χ4v) is 1.66. The molecule has 1 unspecified atom stereocenters.